The maximum absolute atomic E-state index is 8.60. The van der Waals surface area contributed by atoms with Crippen LogP contribution in [-0.4, -0.2) is 10.2 Å². The smallest absolute Gasteiger partial charge is 0.257 e. The first-order chi connectivity index (χ1) is 6.29. The molecule has 2 aromatic heterocycles. The quantitative estimate of drug-likeness (QED) is 0.691. The Bertz CT molecular complexity index is 466. The summed E-state index contributed by atoms with van der Waals surface area (Å²) < 4.78 is 5.21. The first-order valence-corrected chi connectivity index (χ1v) is 4.41. The van der Waals surface area contributed by atoms with Gasteiger partial charge >= 0.3 is 0 Å². The molecule has 0 radical (unpaired) electrons. The van der Waals surface area contributed by atoms with Gasteiger partial charge in [-0.05, 0) is 12.1 Å². The Morgan fingerprint density at radius 3 is 2.85 bits per heavy atom. The molecule has 4 nitrogen and oxygen atoms in total. The van der Waals surface area contributed by atoms with Gasteiger partial charge in [-0.2, -0.15) is 5.26 Å². The SMILES string of the molecule is Cc1nnc(-c2ccc(C#N)s2)o1. The molecule has 0 N–H and O–H groups in total. The summed E-state index contributed by atoms with van der Waals surface area (Å²) in [6.45, 7) is 1.73. The van der Waals surface area contributed by atoms with Gasteiger partial charge in [0.25, 0.3) is 5.89 Å². The standard InChI is InChI=1S/C8H5N3OS/c1-5-10-11-8(12-5)7-3-2-6(4-9)13-7/h2-3H,1H3. The normalized spacial score (nSPS) is 9.85. The van der Waals surface area contributed by atoms with Gasteiger partial charge in [0, 0.05) is 6.92 Å². The number of hydrogen-bond donors (Lipinski definition) is 0. The Labute approximate surface area is 78.5 Å². The van der Waals surface area contributed by atoms with E-state index in [-0.39, 0.29) is 0 Å². The molecule has 0 amide bonds. The van der Waals surface area contributed by atoms with E-state index in [1.54, 1.807) is 19.1 Å². The molecule has 2 heterocycles. The molecule has 0 aromatic carbocycles. The van der Waals surface area contributed by atoms with E-state index >= 15 is 0 Å². The topological polar surface area (TPSA) is 62.7 Å². The van der Waals surface area contributed by atoms with Crippen molar-refractivity contribution >= 4 is 11.3 Å². The van der Waals surface area contributed by atoms with E-state index in [0.29, 0.717) is 16.7 Å². The molecular formula is C8H5N3OS. The van der Waals surface area contributed by atoms with Crippen LogP contribution in [0.1, 0.15) is 10.8 Å². The Morgan fingerprint density at radius 1 is 1.46 bits per heavy atom. The minimum atomic E-state index is 0.476. The van der Waals surface area contributed by atoms with Crippen molar-refractivity contribution < 1.29 is 4.42 Å². The highest BCUT2D eigenvalue weighted by atomic mass is 32.1. The van der Waals surface area contributed by atoms with Gasteiger partial charge in [0.05, 0.1) is 4.88 Å². The summed E-state index contributed by atoms with van der Waals surface area (Å²) in [5.74, 6) is 1.01. The van der Waals surface area contributed by atoms with E-state index in [4.69, 9.17) is 9.68 Å². The third-order valence-electron chi connectivity index (χ3n) is 1.45. The van der Waals surface area contributed by atoms with Crippen LogP contribution in [0.25, 0.3) is 10.8 Å². The second kappa shape index (κ2) is 2.99. The van der Waals surface area contributed by atoms with Gasteiger partial charge < -0.3 is 4.42 Å². The van der Waals surface area contributed by atoms with Gasteiger partial charge in [0.1, 0.15) is 10.9 Å². The van der Waals surface area contributed by atoms with Crippen molar-refractivity contribution in [1.82, 2.24) is 10.2 Å². The van der Waals surface area contributed by atoms with Crippen LogP contribution >= 0.6 is 11.3 Å². The molecule has 64 valence electrons. The molecule has 0 atom stereocenters. The van der Waals surface area contributed by atoms with Crippen LogP contribution in [0.5, 0.6) is 0 Å². The maximum Gasteiger partial charge on any atom is 0.257 e. The second-order valence-corrected chi connectivity index (χ2v) is 3.49. The van der Waals surface area contributed by atoms with Crippen molar-refractivity contribution in [2.45, 2.75) is 6.92 Å². The van der Waals surface area contributed by atoms with Crippen LogP contribution in [-0.2, 0) is 0 Å². The highest BCUT2D eigenvalue weighted by Gasteiger charge is 2.08. The molecule has 2 rings (SSSR count). The van der Waals surface area contributed by atoms with Crippen LogP contribution in [0.4, 0.5) is 0 Å². The number of nitriles is 1. The number of aryl methyl sites for hydroxylation is 1. The van der Waals surface area contributed by atoms with E-state index in [0.717, 1.165) is 4.88 Å². The molecule has 5 heteroatoms. The molecule has 0 unspecified atom stereocenters. The van der Waals surface area contributed by atoms with E-state index < -0.39 is 0 Å². The predicted molar refractivity (Wildman–Crippen MR) is 47.1 cm³/mol. The fraction of sp³-hybridized carbons (Fsp3) is 0.125. The van der Waals surface area contributed by atoms with E-state index in [1.165, 1.54) is 11.3 Å². The molecule has 0 bridgehead atoms. The zero-order valence-corrected chi connectivity index (χ0v) is 7.63. The zero-order valence-electron chi connectivity index (χ0n) is 6.81. The van der Waals surface area contributed by atoms with Crippen molar-refractivity contribution in [3.8, 4) is 16.8 Å². The Hall–Kier alpha value is -1.67. The minimum Gasteiger partial charge on any atom is -0.420 e. The van der Waals surface area contributed by atoms with Crippen molar-refractivity contribution in [1.29, 1.82) is 5.26 Å². The lowest BCUT2D eigenvalue weighted by Gasteiger charge is -1.83. The molecule has 0 aliphatic rings. The lowest BCUT2D eigenvalue weighted by molar-refractivity contribution is 0.534. The van der Waals surface area contributed by atoms with Gasteiger partial charge in [0.15, 0.2) is 0 Å². The molecule has 0 saturated carbocycles. The van der Waals surface area contributed by atoms with Gasteiger partial charge in [-0.1, -0.05) is 0 Å². The van der Waals surface area contributed by atoms with Gasteiger partial charge in [0.2, 0.25) is 5.89 Å². The highest BCUT2D eigenvalue weighted by molar-refractivity contribution is 7.15. The molecule has 2 aromatic rings. The molecule has 0 saturated heterocycles. The number of thiophene rings is 1. The highest BCUT2D eigenvalue weighted by Crippen LogP contribution is 2.26. The third kappa shape index (κ3) is 1.44. The van der Waals surface area contributed by atoms with E-state index in [9.17, 15) is 0 Å². The summed E-state index contributed by atoms with van der Waals surface area (Å²) in [6.07, 6.45) is 0. The predicted octanol–water partition coefficient (Wildman–Crippen LogP) is 1.98. The third-order valence-corrected chi connectivity index (χ3v) is 2.43. The van der Waals surface area contributed by atoms with Crippen molar-refractivity contribution in [3.63, 3.8) is 0 Å². The van der Waals surface area contributed by atoms with Crippen LogP contribution in [0, 0.1) is 18.3 Å². The van der Waals surface area contributed by atoms with Crippen molar-refractivity contribution in [2.75, 3.05) is 0 Å². The lowest BCUT2D eigenvalue weighted by Crippen LogP contribution is -1.70. The van der Waals surface area contributed by atoms with Crippen LogP contribution in [0.3, 0.4) is 0 Å². The summed E-state index contributed by atoms with van der Waals surface area (Å²) in [6, 6.07) is 5.59. The minimum absolute atomic E-state index is 0.476. The number of aromatic nitrogens is 2. The van der Waals surface area contributed by atoms with Gasteiger partial charge in [-0.3, -0.25) is 0 Å². The molecule has 0 aliphatic carbocycles. The van der Waals surface area contributed by atoms with E-state index in [2.05, 4.69) is 16.3 Å². The van der Waals surface area contributed by atoms with Crippen LogP contribution < -0.4 is 0 Å². The first kappa shape index (κ1) is 7.95. The summed E-state index contributed by atoms with van der Waals surface area (Å²) in [5.41, 5.74) is 0. The largest absolute Gasteiger partial charge is 0.420 e. The lowest BCUT2D eigenvalue weighted by atomic mass is 10.4. The number of hydrogen-bond acceptors (Lipinski definition) is 5. The molecule has 0 aliphatic heterocycles. The summed E-state index contributed by atoms with van der Waals surface area (Å²) in [4.78, 5) is 1.48. The first-order valence-electron chi connectivity index (χ1n) is 3.60. The fourth-order valence-corrected chi connectivity index (χ4v) is 1.63. The average Bonchev–Trinajstić information content (AvgIpc) is 2.71. The summed E-state index contributed by atoms with van der Waals surface area (Å²) in [7, 11) is 0. The van der Waals surface area contributed by atoms with Crippen LogP contribution in [0.2, 0.25) is 0 Å². The Kier molecular flexibility index (Phi) is 1.83. The van der Waals surface area contributed by atoms with Crippen molar-refractivity contribution in [3.05, 3.63) is 22.9 Å². The molecule has 0 spiro atoms. The monoisotopic (exact) mass is 191 g/mol. The Morgan fingerprint density at radius 2 is 2.31 bits per heavy atom. The Balaban J connectivity index is 2.42. The zero-order chi connectivity index (χ0) is 9.26. The summed E-state index contributed by atoms with van der Waals surface area (Å²) >= 11 is 1.34. The van der Waals surface area contributed by atoms with Gasteiger partial charge in [-0.15, -0.1) is 21.5 Å². The average molecular weight is 191 g/mol. The molecular weight excluding hydrogens is 186 g/mol. The van der Waals surface area contributed by atoms with Crippen LogP contribution in [0.15, 0.2) is 16.5 Å². The maximum atomic E-state index is 8.60. The fourth-order valence-electron chi connectivity index (χ4n) is 0.909. The van der Waals surface area contributed by atoms with E-state index in [1.807, 2.05) is 0 Å². The van der Waals surface area contributed by atoms with Gasteiger partial charge in [-0.25, -0.2) is 0 Å². The second-order valence-electron chi connectivity index (χ2n) is 2.40. The number of rotatable bonds is 1. The number of nitrogens with zero attached hydrogens (tertiary/aromatic N) is 3. The van der Waals surface area contributed by atoms with Crippen molar-refractivity contribution in [2.24, 2.45) is 0 Å². The molecule has 0 fully saturated rings. The molecule has 13 heavy (non-hydrogen) atoms. The summed E-state index contributed by atoms with van der Waals surface area (Å²) in [5, 5.41) is 16.1.